The van der Waals surface area contributed by atoms with Gasteiger partial charge in [0.15, 0.2) is 0 Å². The molecule has 0 aliphatic carbocycles. The number of carbonyl (C=O) groups is 1. The lowest BCUT2D eigenvalue weighted by atomic mass is 10.1. The lowest BCUT2D eigenvalue weighted by Gasteiger charge is -2.16. The maximum absolute atomic E-state index is 12.7. The second kappa shape index (κ2) is 9.75. The predicted molar refractivity (Wildman–Crippen MR) is 78.1 cm³/mol. The summed E-state index contributed by atoms with van der Waals surface area (Å²) in [7, 11) is 3.68. The van der Waals surface area contributed by atoms with Crippen LogP contribution in [0.15, 0.2) is 24.3 Å². The molecule has 108 valence electrons. The van der Waals surface area contributed by atoms with Crippen LogP contribution in [0.1, 0.15) is 18.4 Å². The summed E-state index contributed by atoms with van der Waals surface area (Å²) in [6, 6.07) is 6.45. The molecule has 0 aliphatic heterocycles. The van der Waals surface area contributed by atoms with Crippen LogP contribution >= 0.6 is 12.4 Å². The minimum atomic E-state index is -0.221. The molecule has 19 heavy (non-hydrogen) atoms. The highest BCUT2D eigenvalue weighted by Crippen LogP contribution is 2.07. The molecular formula is C14H22ClFN2O. The highest BCUT2D eigenvalue weighted by Gasteiger charge is 2.07. The number of carbonyl (C=O) groups excluding carboxylic acids is 1. The Morgan fingerprint density at radius 3 is 2.53 bits per heavy atom. The van der Waals surface area contributed by atoms with E-state index in [4.69, 9.17) is 0 Å². The van der Waals surface area contributed by atoms with E-state index in [0.717, 1.165) is 31.5 Å². The van der Waals surface area contributed by atoms with E-state index in [1.807, 2.05) is 14.1 Å². The largest absolute Gasteiger partial charge is 0.344 e. The van der Waals surface area contributed by atoms with Gasteiger partial charge in [0.2, 0.25) is 5.91 Å². The Balaban J connectivity index is 0.00000324. The average Bonchev–Trinajstić information content (AvgIpc) is 2.38. The van der Waals surface area contributed by atoms with Crippen LogP contribution < -0.4 is 5.32 Å². The number of likely N-dealkylation sites (N-methyl/N-ethyl adjacent to an activating group) is 2. The van der Waals surface area contributed by atoms with Crippen LogP contribution in [-0.2, 0) is 11.2 Å². The minimum Gasteiger partial charge on any atom is -0.344 e. The molecule has 0 radical (unpaired) electrons. The van der Waals surface area contributed by atoms with Crippen molar-refractivity contribution in [1.82, 2.24) is 10.2 Å². The summed E-state index contributed by atoms with van der Waals surface area (Å²) in [5, 5.41) is 3.01. The molecule has 1 amide bonds. The summed E-state index contributed by atoms with van der Waals surface area (Å²) in [5.74, 6) is -0.0611. The second-order valence-electron chi connectivity index (χ2n) is 4.40. The molecule has 0 atom stereocenters. The molecule has 1 rings (SSSR count). The van der Waals surface area contributed by atoms with Gasteiger partial charge in [-0.1, -0.05) is 12.1 Å². The molecule has 0 bridgehead atoms. The lowest BCUT2D eigenvalue weighted by molar-refractivity contribution is -0.129. The van der Waals surface area contributed by atoms with Crippen molar-refractivity contribution >= 4 is 18.3 Å². The molecule has 0 aliphatic rings. The molecule has 0 saturated heterocycles. The standard InChI is InChI=1S/C14H21FN2O.ClH/c1-16-10-11-17(2)14(18)5-3-4-12-6-8-13(15)9-7-12;/h6-9,16H,3-5,10-11H2,1-2H3;1H. The quantitative estimate of drug-likeness (QED) is 0.835. The Kier molecular flexibility index (Phi) is 9.17. The Bertz CT molecular complexity index is 370. The summed E-state index contributed by atoms with van der Waals surface area (Å²) in [5.41, 5.74) is 1.07. The summed E-state index contributed by atoms with van der Waals surface area (Å²) in [6.45, 7) is 1.53. The maximum Gasteiger partial charge on any atom is 0.222 e. The smallest absolute Gasteiger partial charge is 0.222 e. The Hall–Kier alpha value is -1.13. The molecule has 0 aromatic heterocycles. The van der Waals surface area contributed by atoms with E-state index >= 15 is 0 Å². The first kappa shape index (κ1) is 17.9. The summed E-state index contributed by atoms with van der Waals surface area (Å²) >= 11 is 0. The highest BCUT2D eigenvalue weighted by atomic mass is 35.5. The van der Waals surface area contributed by atoms with Gasteiger partial charge >= 0.3 is 0 Å². The normalized spacial score (nSPS) is 9.84. The zero-order valence-corrected chi connectivity index (χ0v) is 12.3. The van der Waals surface area contributed by atoms with Crippen molar-refractivity contribution in [3.05, 3.63) is 35.6 Å². The van der Waals surface area contributed by atoms with Crippen LogP contribution in [0.4, 0.5) is 4.39 Å². The van der Waals surface area contributed by atoms with E-state index in [2.05, 4.69) is 5.32 Å². The Morgan fingerprint density at radius 2 is 1.95 bits per heavy atom. The highest BCUT2D eigenvalue weighted by molar-refractivity contribution is 5.85. The van der Waals surface area contributed by atoms with Crippen molar-refractivity contribution < 1.29 is 9.18 Å². The third kappa shape index (κ3) is 7.13. The Labute approximate surface area is 120 Å². The first-order valence-electron chi connectivity index (χ1n) is 6.26. The molecule has 1 aromatic rings. The zero-order chi connectivity index (χ0) is 13.4. The van der Waals surface area contributed by atoms with Crippen molar-refractivity contribution in [2.24, 2.45) is 0 Å². The van der Waals surface area contributed by atoms with Gasteiger partial charge in [0.05, 0.1) is 0 Å². The zero-order valence-electron chi connectivity index (χ0n) is 11.5. The van der Waals surface area contributed by atoms with E-state index in [1.165, 1.54) is 12.1 Å². The number of hydrogen-bond donors (Lipinski definition) is 1. The van der Waals surface area contributed by atoms with Gasteiger partial charge in [-0.05, 0) is 37.6 Å². The van der Waals surface area contributed by atoms with Crippen LogP contribution in [0.3, 0.4) is 0 Å². The van der Waals surface area contributed by atoms with Crippen LogP contribution in [0.25, 0.3) is 0 Å². The monoisotopic (exact) mass is 288 g/mol. The van der Waals surface area contributed by atoms with Crippen molar-refractivity contribution in [1.29, 1.82) is 0 Å². The molecule has 0 saturated carbocycles. The molecule has 3 nitrogen and oxygen atoms in total. The van der Waals surface area contributed by atoms with Gasteiger partial charge in [-0.3, -0.25) is 4.79 Å². The van der Waals surface area contributed by atoms with Gasteiger partial charge in [-0.2, -0.15) is 0 Å². The molecule has 0 heterocycles. The number of hydrogen-bond acceptors (Lipinski definition) is 2. The first-order chi connectivity index (χ1) is 8.63. The SMILES string of the molecule is CNCCN(C)C(=O)CCCc1ccc(F)cc1.Cl. The van der Waals surface area contributed by atoms with Gasteiger partial charge in [0.1, 0.15) is 5.82 Å². The fraction of sp³-hybridized carbons (Fsp3) is 0.500. The second-order valence-corrected chi connectivity index (χ2v) is 4.40. The average molecular weight is 289 g/mol. The molecule has 1 aromatic carbocycles. The van der Waals surface area contributed by atoms with E-state index < -0.39 is 0 Å². The number of nitrogens with one attached hydrogen (secondary N) is 1. The molecule has 0 fully saturated rings. The number of halogens is 2. The van der Waals surface area contributed by atoms with Gasteiger partial charge < -0.3 is 10.2 Å². The van der Waals surface area contributed by atoms with E-state index in [1.54, 1.807) is 17.0 Å². The van der Waals surface area contributed by atoms with Crippen LogP contribution in [0.2, 0.25) is 0 Å². The van der Waals surface area contributed by atoms with Gasteiger partial charge in [-0.15, -0.1) is 12.4 Å². The van der Waals surface area contributed by atoms with Crippen molar-refractivity contribution in [3.63, 3.8) is 0 Å². The topological polar surface area (TPSA) is 32.3 Å². The van der Waals surface area contributed by atoms with Crippen LogP contribution in [0.5, 0.6) is 0 Å². The van der Waals surface area contributed by atoms with Crippen molar-refractivity contribution in [2.45, 2.75) is 19.3 Å². The summed E-state index contributed by atoms with van der Waals surface area (Å²) in [4.78, 5) is 13.5. The lowest BCUT2D eigenvalue weighted by Crippen LogP contribution is -2.32. The Morgan fingerprint density at radius 1 is 1.32 bits per heavy atom. The van der Waals surface area contributed by atoms with Crippen molar-refractivity contribution in [2.75, 3.05) is 27.2 Å². The predicted octanol–water partition coefficient (Wildman–Crippen LogP) is 2.25. The molecule has 5 heteroatoms. The van der Waals surface area contributed by atoms with E-state index in [9.17, 15) is 9.18 Å². The first-order valence-corrected chi connectivity index (χ1v) is 6.26. The number of aryl methyl sites for hydroxylation is 1. The molecule has 0 spiro atoms. The minimum absolute atomic E-state index is 0. The van der Waals surface area contributed by atoms with E-state index in [-0.39, 0.29) is 24.1 Å². The third-order valence-corrected chi connectivity index (χ3v) is 2.89. The van der Waals surface area contributed by atoms with E-state index in [0.29, 0.717) is 6.42 Å². The van der Waals surface area contributed by atoms with Crippen LogP contribution in [0, 0.1) is 5.82 Å². The van der Waals surface area contributed by atoms with Gasteiger partial charge in [0, 0.05) is 26.6 Å². The van der Waals surface area contributed by atoms with Crippen molar-refractivity contribution in [3.8, 4) is 0 Å². The molecule has 1 N–H and O–H groups in total. The maximum atomic E-state index is 12.7. The number of amides is 1. The number of rotatable bonds is 7. The fourth-order valence-electron chi connectivity index (χ4n) is 1.69. The summed E-state index contributed by atoms with van der Waals surface area (Å²) < 4.78 is 12.7. The molecular weight excluding hydrogens is 267 g/mol. The number of benzene rings is 1. The summed E-state index contributed by atoms with van der Waals surface area (Å²) in [6.07, 6.45) is 2.15. The van der Waals surface area contributed by atoms with Gasteiger partial charge in [-0.25, -0.2) is 4.39 Å². The van der Waals surface area contributed by atoms with Crippen LogP contribution in [-0.4, -0.2) is 38.0 Å². The number of nitrogens with zero attached hydrogens (tertiary/aromatic N) is 1. The third-order valence-electron chi connectivity index (χ3n) is 2.89. The van der Waals surface area contributed by atoms with Gasteiger partial charge in [0.25, 0.3) is 0 Å². The molecule has 0 unspecified atom stereocenters. The fourth-order valence-corrected chi connectivity index (χ4v) is 1.69.